The summed E-state index contributed by atoms with van der Waals surface area (Å²) in [6.07, 6.45) is 10.8. The Morgan fingerprint density at radius 2 is 2.00 bits per heavy atom. The molecule has 2 aliphatic rings. The van der Waals surface area contributed by atoms with E-state index >= 15 is 0 Å². The van der Waals surface area contributed by atoms with Crippen LogP contribution in [-0.2, 0) is 4.74 Å². The van der Waals surface area contributed by atoms with Crippen LogP contribution in [0.25, 0.3) is 16.2 Å². The number of aromatic nitrogens is 4. The van der Waals surface area contributed by atoms with Crippen LogP contribution in [0.2, 0.25) is 0 Å². The van der Waals surface area contributed by atoms with Crippen LogP contribution in [0.4, 0.5) is 5.13 Å². The summed E-state index contributed by atoms with van der Waals surface area (Å²) in [4.78, 5) is 14.8. The molecule has 0 atom stereocenters. The average Bonchev–Trinajstić information content (AvgIpc) is 3.35. The predicted molar refractivity (Wildman–Crippen MR) is 116 cm³/mol. The van der Waals surface area contributed by atoms with E-state index in [1.54, 1.807) is 17.5 Å². The minimum Gasteiger partial charge on any atom is -0.379 e. The van der Waals surface area contributed by atoms with Crippen LogP contribution in [0, 0.1) is 5.92 Å². The number of imidazole rings is 1. The molecule has 154 valence electrons. The van der Waals surface area contributed by atoms with Crippen molar-refractivity contribution in [1.82, 2.24) is 24.5 Å². The monoisotopic (exact) mass is 412 g/mol. The summed E-state index contributed by atoms with van der Waals surface area (Å²) in [7, 11) is 0. The molecule has 0 aliphatic carbocycles. The Morgan fingerprint density at radius 1 is 1.14 bits per heavy atom. The van der Waals surface area contributed by atoms with E-state index in [4.69, 9.17) is 14.8 Å². The summed E-state index contributed by atoms with van der Waals surface area (Å²) in [5.74, 6) is 0.855. The molecular weight excluding hydrogens is 384 g/mol. The van der Waals surface area contributed by atoms with Gasteiger partial charge >= 0.3 is 0 Å². The number of ether oxygens (including phenoxy) is 1. The van der Waals surface area contributed by atoms with E-state index in [2.05, 4.69) is 14.8 Å². The molecule has 0 spiro atoms. The number of anilines is 1. The van der Waals surface area contributed by atoms with Crippen LogP contribution in [-0.4, -0.2) is 70.4 Å². The second-order valence-corrected chi connectivity index (χ2v) is 8.94. The Morgan fingerprint density at radius 3 is 2.76 bits per heavy atom. The van der Waals surface area contributed by atoms with Crippen LogP contribution in [0.15, 0.2) is 30.7 Å². The smallest absolute Gasteiger partial charge is 0.214 e. The van der Waals surface area contributed by atoms with Crippen LogP contribution in [0.3, 0.4) is 0 Å². The molecule has 2 fully saturated rings. The Kier molecular flexibility index (Phi) is 5.73. The maximum Gasteiger partial charge on any atom is 0.214 e. The first-order valence-electron chi connectivity index (χ1n) is 10.7. The molecule has 0 aromatic carbocycles. The predicted octanol–water partition coefficient (Wildman–Crippen LogP) is 3.18. The van der Waals surface area contributed by atoms with Gasteiger partial charge < -0.3 is 9.64 Å². The lowest BCUT2D eigenvalue weighted by Crippen LogP contribution is -2.37. The molecule has 0 unspecified atom stereocenters. The quantitative estimate of drug-likeness (QED) is 0.620. The normalized spacial score (nSPS) is 19.2. The van der Waals surface area contributed by atoms with Crippen molar-refractivity contribution in [3.05, 3.63) is 30.7 Å². The van der Waals surface area contributed by atoms with Crippen LogP contribution in [0.1, 0.15) is 25.7 Å². The van der Waals surface area contributed by atoms with Gasteiger partial charge in [0.1, 0.15) is 0 Å². The SMILES string of the molecule is c1cncc(-c2cn3nc(N4CCC(CCCN5CCOCC5)CC4)sc3n2)c1. The summed E-state index contributed by atoms with van der Waals surface area (Å²) in [6.45, 7) is 7.45. The van der Waals surface area contributed by atoms with Crippen molar-refractivity contribution < 1.29 is 4.74 Å². The standard InChI is InChI=1S/C21H28N6OS/c1-4-18(15-22-7-1)19-16-27-20(23-19)29-21(24-27)26-9-5-17(6-10-26)3-2-8-25-11-13-28-14-12-25/h1,4,7,15-17H,2-3,5-6,8-14H2. The third-order valence-electron chi connectivity index (χ3n) is 6.07. The average molecular weight is 413 g/mol. The van der Waals surface area contributed by atoms with Crippen molar-refractivity contribution >= 4 is 21.4 Å². The minimum atomic E-state index is 0.855. The Bertz CT molecular complexity index is 880. The molecule has 5 rings (SSSR count). The second kappa shape index (κ2) is 8.77. The van der Waals surface area contributed by atoms with Crippen molar-refractivity contribution in [2.45, 2.75) is 25.7 Å². The molecule has 3 aromatic rings. The number of piperidine rings is 1. The van der Waals surface area contributed by atoms with E-state index in [-0.39, 0.29) is 0 Å². The Hall–Kier alpha value is -2.03. The first-order valence-corrected chi connectivity index (χ1v) is 11.5. The molecule has 0 radical (unpaired) electrons. The topological polar surface area (TPSA) is 58.8 Å². The molecule has 0 N–H and O–H groups in total. The lowest BCUT2D eigenvalue weighted by atomic mass is 9.92. The molecule has 0 amide bonds. The van der Waals surface area contributed by atoms with Crippen molar-refractivity contribution in [2.24, 2.45) is 5.92 Å². The van der Waals surface area contributed by atoms with Crippen molar-refractivity contribution in [3.8, 4) is 11.3 Å². The number of pyridine rings is 1. The van der Waals surface area contributed by atoms with Crippen molar-refractivity contribution in [1.29, 1.82) is 0 Å². The molecule has 29 heavy (non-hydrogen) atoms. The van der Waals surface area contributed by atoms with Crippen molar-refractivity contribution in [3.63, 3.8) is 0 Å². The molecule has 5 heterocycles. The number of nitrogens with zero attached hydrogens (tertiary/aromatic N) is 6. The molecule has 0 saturated carbocycles. The highest BCUT2D eigenvalue weighted by Crippen LogP contribution is 2.30. The van der Waals surface area contributed by atoms with Gasteiger partial charge in [0.05, 0.1) is 25.1 Å². The van der Waals surface area contributed by atoms with Gasteiger partial charge in [0.25, 0.3) is 0 Å². The molecule has 7 nitrogen and oxygen atoms in total. The lowest BCUT2D eigenvalue weighted by Gasteiger charge is -2.32. The van der Waals surface area contributed by atoms with Gasteiger partial charge in [0.2, 0.25) is 10.1 Å². The van der Waals surface area contributed by atoms with Crippen LogP contribution >= 0.6 is 11.3 Å². The molecule has 2 saturated heterocycles. The highest BCUT2D eigenvalue weighted by molar-refractivity contribution is 7.20. The molecule has 0 bridgehead atoms. The summed E-state index contributed by atoms with van der Waals surface area (Å²) >= 11 is 1.68. The highest BCUT2D eigenvalue weighted by Gasteiger charge is 2.22. The van der Waals surface area contributed by atoms with Crippen LogP contribution < -0.4 is 4.90 Å². The third-order valence-corrected chi connectivity index (χ3v) is 7.05. The van der Waals surface area contributed by atoms with Crippen LogP contribution in [0.5, 0.6) is 0 Å². The second-order valence-electron chi connectivity index (χ2n) is 8.01. The van der Waals surface area contributed by atoms with Gasteiger partial charge in [-0.15, -0.1) is 5.10 Å². The van der Waals surface area contributed by atoms with E-state index in [9.17, 15) is 0 Å². The van der Waals surface area contributed by atoms with Gasteiger partial charge in [-0.3, -0.25) is 9.88 Å². The number of fused-ring (bicyclic) bond motifs is 1. The number of hydrogen-bond donors (Lipinski definition) is 0. The summed E-state index contributed by atoms with van der Waals surface area (Å²) < 4.78 is 7.35. The highest BCUT2D eigenvalue weighted by atomic mass is 32.1. The number of rotatable bonds is 6. The maximum absolute atomic E-state index is 5.43. The zero-order valence-electron chi connectivity index (χ0n) is 16.7. The van der Waals surface area contributed by atoms with E-state index in [0.29, 0.717) is 0 Å². The minimum absolute atomic E-state index is 0.855. The first kappa shape index (κ1) is 19.0. The summed E-state index contributed by atoms with van der Waals surface area (Å²) in [5.41, 5.74) is 1.96. The number of hydrogen-bond acceptors (Lipinski definition) is 7. The maximum atomic E-state index is 5.43. The van der Waals surface area contributed by atoms with E-state index in [1.807, 2.05) is 29.0 Å². The lowest BCUT2D eigenvalue weighted by molar-refractivity contribution is 0.0365. The Balaban J connectivity index is 1.13. The number of morpholine rings is 1. The van der Waals surface area contributed by atoms with E-state index < -0.39 is 0 Å². The van der Waals surface area contributed by atoms with E-state index in [1.165, 1.54) is 32.2 Å². The summed E-state index contributed by atoms with van der Waals surface area (Å²) in [6, 6.07) is 3.97. The van der Waals surface area contributed by atoms with Gasteiger partial charge in [-0.25, -0.2) is 9.50 Å². The fourth-order valence-electron chi connectivity index (χ4n) is 4.31. The van der Waals surface area contributed by atoms with E-state index in [0.717, 1.165) is 66.7 Å². The zero-order valence-corrected chi connectivity index (χ0v) is 17.6. The van der Waals surface area contributed by atoms with Gasteiger partial charge in [-0.2, -0.15) is 0 Å². The largest absolute Gasteiger partial charge is 0.379 e. The Labute approximate surface area is 175 Å². The summed E-state index contributed by atoms with van der Waals surface area (Å²) in [5, 5.41) is 5.89. The van der Waals surface area contributed by atoms with Gasteiger partial charge in [-0.05, 0) is 50.3 Å². The van der Waals surface area contributed by atoms with Crippen molar-refractivity contribution in [2.75, 3.05) is 50.8 Å². The van der Waals surface area contributed by atoms with Gasteiger partial charge in [0, 0.05) is 44.1 Å². The van der Waals surface area contributed by atoms with Gasteiger partial charge in [-0.1, -0.05) is 11.3 Å². The fourth-order valence-corrected chi connectivity index (χ4v) is 5.25. The third kappa shape index (κ3) is 4.44. The molecule has 3 aromatic heterocycles. The fraction of sp³-hybridized carbons (Fsp3) is 0.571. The molecule has 8 heteroatoms. The molecule has 2 aliphatic heterocycles. The zero-order chi connectivity index (χ0) is 19.5. The first-order chi connectivity index (χ1) is 14.3. The molecular formula is C21H28N6OS. The van der Waals surface area contributed by atoms with Gasteiger partial charge in [0.15, 0.2) is 0 Å².